The van der Waals surface area contributed by atoms with Crippen LogP contribution in [0.2, 0.25) is 0 Å². The second kappa shape index (κ2) is 16.9. The van der Waals surface area contributed by atoms with Gasteiger partial charge in [-0.1, -0.05) is 170 Å². The maximum Gasteiger partial charge on any atom is 0.230 e. The van der Waals surface area contributed by atoms with Gasteiger partial charge in [-0.15, -0.1) is 0 Å². The van der Waals surface area contributed by atoms with Crippen molar-refractivity contribution >= 4 is 42.6 Å². The summed E-state index contributed by atoms with van der Waals surface area (Å²) >= 11 is 0. The van der Waals surface area contributed by atoms with Crippen molar-refractivity contribution in [2.45, 2.75) is 211 Å². The fourth-order valence-electron chi connectivity index (χ4n) is 8.37. The summed E-state index contributed by atoms with van der Waals surface area (Å²) in [4.78, 5) is 21.2. The summed E-state index contributed by atoms with van der Waals surface area (Å²) < 4.78 is 0. The van der Waals surface area contributed by atoms with Crippen LogP contribution >= 0.6 is 15.1 Å². The van der Waals surface area contributed by atoms with E-state index in [4.69, 9.17) is 15.0 Å². The van der Waals surface area contributed by atoms with Gasteiger partial charge in [-0.25, -0.2) is 0 Å². The van der Waals surface area contributed by atoms with Crippen LogP contribution < -0.4 is 15.4 Å². The van der Waals surface area contributed by atoms with Crippen molar-refractivity contribution in [2.75, 3.05) is 36.0 Å². The molecule has 4 rings (SSSR count). The number of nitrogens with zero attached hydrogens (tertiary/aromatic N) is 5. The van der Waals surface area contributed by atoms with Gasteiger partial charge in [-0.3, -0.25) is 0 Å². The summed E-state index contributed by atoms with van der Waals surface area (Å²) in [6.45, 7) is 63.1. The van der Waals surface area contributed by atoms with E-state index in [2.05, 4.69) is 207 Å². The van der Waals surface area contributed by atoms with Gasteiger partial charge >= 0.3 is 0 Å². The molecule has 3 aromatic rings. The minimum Gasteiger partial charge on any atom is -0.341 e. The molecule has 0 fully saturated rings. The molecule has 7 heteroatoms. The van der Waals surface area contributed by atoms with Crippen LogP contribution in [0, 0.1) is 0 Å². The quantitative estimate of drug-likeness (QED) is 0.201. The van der Waals surface area contributed by atoms with Crippen LogP contribution in [0.5, 0.6) is 0 Å². The molecule has 2 aromatic carbocycles. The molecule has 334 valence electrons. The molecule has 0 saturated heterocycles. The molecular weight excluding hydrogens is 769 g/mol. The Balaban J connectivity index is 2.60. The van der Waals surface area contributed by atoms with Crippen LogP contribution in [0.3, 0.4) is 0 Å². The predicted molar refractivity (Wildman–Crippen MR) is 273 cm³/mol. The second-order valence-electron chi connectivity index (χ2n) is 24.5. The Bertz CT molecular complexity index is 1940. The number of aromatic nitrogens is 3. The Morgan fingerprint density at radius 1 is 0.400 bits per heavy atom. The molecule has 0 radical (unpaired) electrons. The zero-order valence-corrected chi connectivity index (χ0v) is 45.1. The summed E-state index contributed by atoms with van der Waals surface area (Å²) in [6, 6.07) is 10.3. The maximum atomic E-state index is 5.67. The molecule has 0 atom stereocenters. The highest BCUT2D eigenvalue weighted by Crippen LogP contribution is 2.69. The Hall–Kier alpha value is -2.48. The van der Waals surface area contributed by atoms with E-state index < -0.39 is 15.1 Å². The molecule has 1 aliphatic rings. The Morgan fingerprint density at radius 3 is 0.867 bits per heavy atom. The molecule has 2 heterocycles. The van der Waals surface area contributed by atoms with Gasteiger partial charge < -0.3 is 9.80 Å². The summed E-state index contributed by atoms with van der Waals surface area (Å²) in [5, 5.41) is 3.16. The van der Waals surface area contributed by atoms with Gasteiger partial charge in [-0.05, 0) is 125 Å². The lowest BCUT2D eigenvalue weighted by molar-refractivity contribution is 0.546. The number of rotatable bonds is 9. The predicted octanol–water partition coefficient (Wildman–Crippen LogP) is 14.1. The van der Waals surface area contributed by atoms with Crippen LogP contribution in [0.4, 0.5) is 11.9 Å². The smallest absolute Gasteiger partial charge is 0.230 e. The molecule has 0 unspecified atom stereocenters. The van der Waals surface area contributed by atoms with Gasteiger partial charge in [-0.2, -0.15) is 15.0 Å². The van der Waals surface area contributed by atoms with Crippen molar-refractivity contribution in [3.05, 3.63) is 68.8 Å². The van der Waals surface area contributed by atoms with Gasteiger partial charge in [0.05, 0.1) is 0 Å². The van der Waals surface area contributed by atoms with Gasteiger partial charge in [0.25, 0.3) is 0 Å². The second-order valence-corrected chi connectivity index (χ2v) is 30.0. The summed E-state index contributed by atoms with van der Waals surface area (Å²) in [6.07, 6.45) is 0. The average molecular weight is 856 g/mol. The first-order valence-corrected chi connectivity index (χ1v) is 25.7. The highest BCUT2D eigenvalue weighted by molar-refractivity contribution is 8.17. The zero-order valence-electron chi connectivity index (χ0n) is 43.3. The fraction of sp³-hybridized carbons (Fsp3) is 0.679. The van der Waals surface area contributed by atoms with Crippen LogP contribution in [0.15, 0.2) is 24.3 Å². The Labute approximate surface area is 371 Å². The summed E-state index contributed by atoms with van der Waals surface area (Å²) in [5.74, 6) is 1.59. The molecule has 0 bridgehead atoms. The Kier molecular flexibility index (Phi) is 14.1. The first kappa shape index (κ1) is 50.2. The maximum absolute atomic E-state index is 5.67. The number of benzene rings is 2. The zero-order chi connectivity index (χ0) is 46.1. The standard InChI is InChI=1S/C53H87N5P2/c1-26-57(27-2)44-54-45(58(28-3)29-4)56-46(55-44)59-42(40-36(49(11,12)13)30-34(47(5,6)7)31-37(40)50(14,15)16)60(53(23,24)25)43(59)41-38(51(17,18)19)32-35(48(8,9)10)33-39(41)52(20,21)22/h30-33H,26-29H2,1-25H3. The van der Waals surface area contributed by atoms with E-state index in [9.17, 15) is 0 Å². The minimum atomic E-state index is -1.16. The largest absolute Gasteiger partial charge is 0.341 e. The molecule has 5 nitrogen and oxygen atoms in total. The van der Waals surface area contributed by atoms with Gasteiger partial charge in [0.1, 0.15) is 0 Å². The number of hydrogen-bond acceptors (Lipinski definition) is 5. The highest BCUT2D eigenvalue weighted by atomic mass is 31.2. The van der Waals surface area contributed by atoms with Crippen molar-refractivity contribution in [3.8, 4) is 0 Å². The topological polar surface area (TPSA) is 45.2 Å². The first-order valence-electron chi connectivity index (χ1n) is 23.0. The van der Waals surface area contributed by atoms with Crippen molar-refractivity contribution < 1.29 is 0 Å². The lowest BCUT2D eigenvalue weighted by atomic mass is 9.72. The summed E-state index contributed by atoms with van der Waals surface area (Å²) in [5.41, 5.74) is 12.2. The van der Waals surface area contributed by atoms with E-state index in [0.29, 0.717) is 0 Å². The third kappa shape index (κ3) is 10.1. The lowest BCUT2D eigenvalue weighted by Gasteiger charge is -2.47. The molecule has 0 N–H and O–H groups in total. The van der Waals surface area contributed by atoms with Gasteiger partial charge in [0.15, 0.2) is 5.57 Å². The molecule has 60 heavy (non-hydrogen) atoms. The Morgan fingerprint density at radius 2 is 0.667 bits per heavy atom. The molecule has 0 aliphatic carbocycles. The van der Waals surface area contributed by atoms with Crippen molar-refractivity contribution in [1.29, 1.82) is 0 Å². The number of hydrogen-bond donors (Lipinski definition) is 0. The third-order valence-electron chi connectivity index (χ3n) is 12.1. The summed E-state index contributed by atoms with van der Waals surface area (Å²) in [7, 11) is -2.00. The van der Waals surface area contributed by atoms with E-state index in [1.54, 1.807) is 10.1 Å². The van der Waals surface area contributed by atoms with E-state index in [1.807, 2.05) is 0 Å². The van der Waals surface area contributed by atoms with Crippen LogP contribution in [0.1, 0.15) is 218 Å². The van der Waals surface area contributed by atoms with E-state index in [0.717, 1.165) is 43.6 Å². The van der Waals surface area contributed by atoms with Crippen molar-refractivity contribution in [1.82, 2.24) is 15.0 Å². The van der Waals surface area contributed by atoms with Gasteiger partial charge in [0.2, 0.25) is 11.9 Å². The monoisotopic (exact) mass is 856 g/mol. The highest BCUT2D eigenvalue weighted by Gasteiger charge is 2.47. The van der Waals surface area contributed by atoms with E-state index in [-0.39, 0.29) is 37.6 Å². The third-order valence-corrected chi connectivity index (χ3v) is 19.0. The molecule has 0 saturated carbocycles. The van der Waals surface area contributed by atoms with Crippen LogP contribution in [-0.2, 0) is 32.5 Å². The van der Waals surface area contributed by atoms with Gasteiger partial charge in [0, 0.05) is 36.2 Å². The van der Waals surface area contributed by atoms with E-state index >= 15 is 0 Å². The molecular formula is C53H87N5P2. The number of anilines is 2. The van der Waals surface area contributed by atoms with Crippen LogP contribution in [-0.4, -0.2) is 56.4 Å². The van der Waals surface area contributed by atoms with E-state index in [1.165, 1.54) is 44.5 Å². The molecule has 1 aromatic heterocycles. The molecule has 0 amide bonds. The molecule has 0 spiro atoms. The van der Waals surface area contributed by atoms with Crippen LogP contribution in [0.25, 0.3) is 0 Å². The van der Waals surface area contributed by atoms with Crippen molar-refractivity contribution in [3.63, 3.8) is 0 Å². The SMILES string of the molecule is CCN(CC)c1nc(N(CC)CC)nc(P2=C(c3c(C(C)(C)C)cc(C(C)(C)C)cc3C(C)(C)C)P(C(C)(C)C)C=2c2c(C(C)(C)C)cc(C(C)(C)C)cc2C(C)(C)C)n1. The first-order chi connectivity index (χ1) is 27.0. The lowest BCUT2D eigenvalue weighted by Crippen LogP contribution is -2.38. The normalized spacial score (nSPS) is 16.7. The average Bonchev–Trinajstić information content (AvgIpc) is 3.05. The minimum absolute atomic E-state index is 0.00313. The van der Waals surface area contributed by atoms with Crippen molar-refractivity contribution in [2.24, 2.45) is 0 Å². The molecule has 1 aliphatic heterocycles. The fourth-order valence-corrected chi connectivity index (χ4v) is 17.1.